The monoisotopic (exact) mass is 242 g/mol. The normalized spacial score (nSPS) is 6.92. The average molecular weight is 242 g/mol. The second kappa shape index (κ2) is 16.7. The standard InChI is InChI=1S/CH2O3.2K.Li.H3O4P/c2-1(3)4;;;;1-5(2,3)4/h(H2,2,3,4);;;;(H3,1,2,3,4)/q;3*+1;/p-3. The summed E-state index contributed by atoms with van der Waals surface area (Å²) in [4.78, 5) is 32.7. The van der Waals surface area contributed by atoms with E-state index in [9.17, 15) is 0 Å². The van der Waals surface area contributed by atoms with E-state index < -0.39 is 14.0 Å². The van der Waals surface area contributed by atoms with Crippen LogP contribution >= 0.6 is 7.82 Å². The third-order valence-electron chi connectivity index (χ3n) is 0. The fraction of sp³-hybridized carbons (Fsp3) is 0. The minimum Gasteiger partial charge on any atom is -0.790 e. The van der Waals surface area contributed by atoms with Gasteiger partial charge in [-0.05, 0) is 0 Å². The van der Waals surface area contributed by atoms with Crippen molar-refractivity contribution >= 4 is 14.0 Å². The summed E-state index contributed by atoms with van der Waals surface area (Å²) in [7, 11) is -5.14. The number of phosphoric acid groups is 1. The third kappa shape index (κ3) is 188. The smallest absolute Gasteiger partial charge is 0.790 e. The largest absolute Gasteiger partial charge is 1.00 e. The van der Waals surface area contributed by atoms with Gasteiger partial charge in [-0.2, -0.15) is 0 Å². The Morgan fingerprint density at radius 1 is 1.25 bits per heavy atom. The molecule has 0 saturated heterocycles. The average Bonchev–Trinajstić information content (AvgIpc) is 1.19. The van der Waals surface area contributed by atoms with Gasteiger partial charge in [-0.1, -0.05) is 0 Å². The Labute approximate surface area is 166 Å². The van der Waals surface area contributed by atoms with E-state index in [-0.39, 0.29) is 122 Å². The van der Waals surface area contributed by atoms with Crippen LogP contribution in [0.1, 0.15) is 0 Å². The summed E-state index contributed by atoms with van der Waals surface area (Å²) < 4.78 is 8.66. The second-order valence-corrected chi connectivity index (χ2v) is 1.67. The zero-order valence-corrected chi connectivity index (χ0v) is 14.0. The van der Waals surface area contributed by atoms with Gasteiger partial charge in [0.1, 0.15) is 0 Å². The minimum atomic E-state index is -5.14. The van der Waals surface area contributed by atoms with Crippen molar-refractivity contribution in [2.45, 2.75) is 0 Å². The topological polar surface area (TPSA) is 144 Å². The zero-order valence-electron chi connectivity index (χ0n) is 6.88. The van der Waals surface area contributed by atoms with Crippen LogP contribution in [0.15, 0.2) is 0 Å². The van der Waals surface area contributed by atoms with Crippen molar-refractivity contribution in [1.29, 1.82) is 0 Å². The van der Waals surface area contributed by atoms with Gasteiger partial charge in [0.25, 0.3) is 0 Å². The van der Waals surface area contributed by atoms with Crippen molar-refractivity contribution < 1.29 is 156 Å². The molecule has 0 aromatic carbocycles. The SMILES string of the molecule is O=C([O-])O.O=P([O-])([O-])O.[K+].[K+].[Li+]. The van der Waals surface area contributed by atoms with Gasteiger partial charge in [0, 0.05) is 0 Å². The van der Waals surface area contributed by atoms with Crippen LogP contribution < -0.4 is 137 Å². The van der Waals surface area contributed by atoms with Gasteiger partial charge in [0.05, 0.1) is 7.82 Å². The van der Waals surface area contributed by atoms with E-state index >= 15 is 0 Å². The molecule has 0 aromatic heterocycles. The molecule has 0 saturated carbocycles. The second-order valence-electron chi connectivity index (χ2n) is 0.734. The molecule has 0 bridgehead atoms. The minimum absolute atomic E-state index is 0. The van der Waals surface area contributed by atoms with Crippen LogP contribution in [0.4, 0.5) is 4.79 Å². The van der Waals surface area contributed by atoms with E-state index in [2.05, 4.69) is 0 Å². The molecule has 2 N–H and O–H groups in total. The maximum absolute atomic E-state index is 8.66. The predicted octanol–water partition coefficient (Wildman–Crippen LogP) is -12.3. The van der Waals surface area contributed by atoms with Crippen molar-refractivity contribution in [2.24, 2.45) is 0 Å². The Morgan fingerprint density at radius 3 is 1.25 bits per heavy atom. The maximum atomic E-state index is 8.66. The molecule has 0 unspecified atom stereocenters. The summed E-state index contributed by atoms with van der Waals surface area (Å²) in [5, 5.41) is 15.3. The van der Waals surface area contributed by atoms with E-state index in [0.717, 1.165) is 0 Å². The number of carboxylic acid groups (broad SMARTS) is 2. The van der Waals surface area contributed by atoms with Gasteiger partial charge in [-0.15, -0.1) is 0 Å². The Kier molecular flexibility index (Phi) is 40.9. The van der Waals surface area contributed by atoms with Crippen LogP contribution in [0.2, 0.25) is 0 Å². The predicted molar refractivity (Wildman–Crippen MR) is 17.9 cm³/mol. The van der Waals surface area contributed by atoms with Crippen LogP contribution in [-0.4, -0.2) is 16.2 Å². The quantitative estimate of drug-likeness (QED) is 0.317. The molecule has 0 fully saturated rings. The number of hydrogen-bond donors (Lipinski definition) is 2. The molecule has 7 nitrogen and oxygen atoms in total. The van der Waals surface area contributed by atoms with Crippen molar-refractivity contribution in [2.75, 3.05) is 0 Å². The van der Waals surface area contributed by atoms with Crippen molar-refractivity contribution in [3.8, 4) is 0 Å². The van der Waals surface area contributed by atoms with Crippen LogP contribution in [0, 0.1) is 0 Å². The number of carbonyl (C=O) groups is 1. The molecule has 0 rings (SSSR count). The molecule has 0 spiro atoms. The summed E-state index contributed by atoms with van der Waals surface area (Å²) >= 11 is 0. The van der Waals surface area contributed by atoms with Gasteiger partial charge in [0.15, 0.2) is 0 Å². The van der Waals surface area contributed by atoms with Crippen LogP contribution in [0.5, 0.6) is 0 Å². The van der Waals surface area contributed by atoms with Gasteiger partial charge >= 0.3 is 122 Å². The first-order chi connectivity index (χ1) is 3.73. The first-order valence-corrected chi connectivity index (χ1v) is 2.88. The van der Waals surface area contributed by atoms with Crippen molar-refractivity contribution in [1.82, 2.24) is 0 Å². The van der Waals surface area contributed by atoms with Crippen molar-refractivity contribution in [3.63, 3.8) is 0 Å². The Hall–Kier alpha value is 3.25. The summed E-state index contributed by atoms with van der Waals surface area (Å²) in [5.74, 6) is 0. The number of rotatable bonds is 0. The van der Waals surface area contributed by atoms with Gasteiger partial charge in [-0.3, -0.25) is 0 Å². The molecule has 0 atom stereocenters. The van der Waals surface area contributed by atoms with E-state index in [1.165, 1.54) is 0 Å². The molecule has 0 aliphatic carbocycles. The van der Waals surface area contributed by atoms with Gasteiger partial charge in [-0.25, -0.2) is 0 Å². The molecule has 0 aliphatic heterocycles. The summed E-state index contributed by atoms with van der Waals surface area (Å²) in [6, 6.07) is 0. The Bertz CT molecular complexity index is 121. The molecular weight excluding hydrogens is 240 g/mol. The fourth-order valence-electron chi connectivity index (χ4n) is 0. The molecule has 0 radical (unpaired) electrons. The van der Waals surface area contributed by atoms with E-state index in [1.54, 1.807) is 0 Å². The Morgan fingerprint density at radius 2 is 1.25 bits per heavy atom. The molecule has 0 aromatic rings. The first-order valence-electron chi connectivity index (χ1n) is 1.38. The molecule has 12 heavy (non-hydrogen) atoms. The summed E-state index contributed by atoms with van der Waals surface area (Å²) in [5.41, 5.74) is 0. The molecule has 11 heteroatoms. The van der Waals surface area contributed by atoms with E-state index in [0.29, 0.717) is 0 Å². The summed E-state index contributed by atoms with van der Waals surface area (Å²) in [6.45, 7) is 0. The van der Waals surface area contributed by atoms with Gasteiger partial charge < -0.3 is 34.3 Å². The van der Waals surface area contributed by atoms with Gasteiger partial charge in [0.2, 0.25) is 6.16 Å². The molecule has 0 amide bonds. The van der Waals surface area contributed by atoms with Crippen LogP contribution in [0.3, 0.4) is 0 Å². The van der Waals surface area contributed by atoms with E-state index in [1.807, 2.05) is 0 Å². The van der Waals surface area contributed by atoms with Crippen LogP contribution in [-0.2, 0) is 4.57 Å². The molecule has 0 heterocycles. The summed E-state index contributed by atoms with van der Waals surface area (Å²) in [6.07, 6.45) is -2.08. The Balaban J connectivity index is -0.0000000221. The van der Waals surface area contributed by atoms with Crippen molar-refractivity contribution in [3.05, 3.63) is 0 Å². The molecule has 0 aliphatic rings. The van der Waals surface area contributed by atoms with E-state index in [4.69, 9.17) is 34.3 Å². The number of hydrogen-bond acceptors (Lipinski definition) is 5. The maximum Gasteiger partial charge on any atom is 1.00 e. The first kappa shape index (κ1) is 29.5. The van der Waals surface area contributed by atoms with Crippen LogP contribution in [0.25, 0.3) is 0 Å². The fourth-order valence-corrected chi connectivity index (χ4v) is 0. The molecular formula is CH2K2LiO7P. The third-order valence-corrected chi connectivity index (χ3v) is 0. The molecule has 56 valence electrons. The zero-order chi connectivity index (χ0) is 8.08.